The quantitative estimate of drug-likeness (QED) is 0.292. The van der Waals surface area contributed by atoms with Gasteiger partial charge in [0.1, 0.15) is 5.75 Å². The number of methoxy groups -OCH3 is 1. The standard InChI is InChI=1S/2C10H10O2.C9H10O2.4CH4/c1-7(11)9-3-5-10(6-4-9)8(2)12;1-7(11)9-4-3-5-10(6-9)8(2)12;1-7(10)8-3-5-9(11-2)6-4-8;;;;/h2*3-6H,1-2H3;3-6H,1-2H3;4*1H4. The van der Waals surface area contributed by atoms with E-state index in [1.165, 1.54) is 27.7 Å². The molecule has 0 aliphatic heterocycles. The molecule has 3 aromatic carbocycles. The van der Waals surface area contributed by atoms with Gasteiger partial charge < -0.3 is 4.74 Å². The van der Waals surface area contributed by atoms with Gasteiger partial charge in [-0.25, -0.2) is 0 Å². The molecule has 0 atom stereocenters. The van der Waals surface area contributed by atoms with Crippen molar-refractivity contribution in [3.63, 3.8) is 0 Å². The molecule has 39 heavy (non-hydrogen) atoms. The highest BCUT2D eigenvalue weighted by Crippen LogP contribution is 2.11. The number of ether oxygens (including phenoxy) is 1. The van der Waals surface area contributed by atoms with Crippen molar-refractivity contribution in [1.29, 1.82) is 0 Å². The average Bonchev–Trinajstić information content (AvgIpc) is 2.85. The molecular weight excluding hydrogens is 492 g/mol. The lowest BCUT2D eigenvalue weighted by Crippen LogP contribution is -1.96. The fourth-order valence-electron chi connectivity index (χ4n) is 2.72. The third-order valence-electron chi connectivity index (χ3n) is 4.87. The maximum absolute atomic E-state index is 10.9. The van der Waals surface area contributed by atoms with Crippen LogP contribution in [-0.2, 0) is 0 Å². The van der Waals surface area contributed by atoms with Crippen molar-refractivity contribution in [2.75, 3.05) is 7.11 Å². The highest BCUT2D eigenvalue weighted by atomic mass is 16.5. The van der Waals surface area contributed by atoms with E-state index in [-0.39, 0.29) is 58.6 Å². The summed E-state index contributed by atoms with van der Waals surface area (Å²) in [6.07, 6.45) is 0. The Bertz CT molecular complexity index is 1130. The molecular formula is C33H46O6. The van der Waals surface area contributed by atoms with E-state index in [2.05, 4.69) is 0 Å². The highest BCUT2D eigenvalue weighted by molar-refractivity contribution is 5.99. The van der Waals surface area contributed by atoms with Crippen molar-refractivity contribution in [1.82, 2.24) is 0 Å². The summed E-state index contributed by atoms with van der Waals surface area (Å²) < 4.78 is 4.94. The van der Waals surface area contributed by atoms with E-state index in [0.717, 1.165) is 5.75 Å². The maximum Gasteiger partial charge on any atom is 0.159 e. The van der Waals surface area contributed by atoms with E-state index in [9.17, 15) is 24.0 Å². The lowest BCUT2D eigenvalue weighted by Gasteiger charge is -1.98. The van der Waals surface area contributed by atoms with Crippen LogP contribution in [0.2, 0.25) is 0 Å². The SMILES string of the molecule is C.C.C.C.CC(=O)c1ccc(C(C)=O)cc1.CC(=O)c1cccc(C(C)=O)c1.COc1ccc(C(C)=O)cc1. The van der Waals surface area contributed by atoms with Crippen LogP contribution in [-0.4, -0.2) is 36.0 Å². The topological polar surface area (TPSA) is 94.6 Å². The van der Waals surface area contributed by atoms with Gasteiger partial charge in [0.15, 0.2) is 28.9 Å². The van der Waals surface area contributed by atoms with E-state index in [1.807, 2.05) is 0 Å². The van der Waals surface area contributed by atoms with Gasteiger partial charge in [-0.05, 0) is 65.0 Å². The zero-order valence-corrected chi connectivity index (χ0v) is 20.9. The van der Waals surface area contributed by atoms with Gasteiger partial charge in [-0.1, -0.05) is 72.2 Å². The second kappa shape index (κ2) is 20.8. The average molecular weight is 539 g/mol. The van der Waals surface area contributed by atoms with Crippen LogP contribution in [0.5, 0.6) is 5.75 Å². The Morgan fingerprint density at radius 3 is 0.923 bits per heavy atom. The van der Waals surface area contributed by atoms with Crippen molar-refractivity contribution in [2.45, 2.75) is 64.3 Å². The van der Waals surface area contributed by atoms with E-state index < -0.39 is 0 Å². The summed E-state index contributed by atoms with van der Waals surface area (Å²) >= 11 is 0. The Morgan fingerprint density at radius 1 is 0.436 bits per heavy atom. The predicted octanol–water partition coefficient (Wildman–Crippen LogP) is 8.63. The van der Waals surface area contributed by atoms with Crippen LogP contribution < -0.4 is 4.74 Å². The highest BCUT2D eigenvalue weighted by Gasteiger charge is 2.03. The molecule has 0 unspecified atom stereocenters. The minimum atomic E-state index is -0.0156. The minimum Gasteiger partial charge on any atom is -0.497 e. The van der Waals surface area contributed by atoms with E-state index >= 15 is 0 Å². The molecule has 6 nitrogen and oxygen atoms in total. The molecule has 0 spiro atoms. The molecule has 0 saturated carbocycles. The molecule has 0 amide bonds. The van der Waals surface area contributed by atoms with Crippen LogP contribution in [0.15, 0.2) is 72.8 Å². The summed E-state index contributed by atoms with van der Waals surface area (Å²) in [5.74, 6) is 0.856. The molecule has 3 rings (SSSR count). The number of hydrogen-bond donors (Lipinski definition) is 0. The van der Waals surface area contributed by atoms with Crippen molar-refractivity contribution in [3.05, 3.63) is 101 Å². The summed E-state index contributed by atoms with van der Waals surface area (Å²) in [6, 6.07) is 20.5. The Hall–Kier alpha value is -4.19. The zero-order valence-electron chi connectivity index (χ0n) is 20.9. The van der Waals surface area contributed by atoms with E-state index in [1.54, 1.807) is 86.8 Å². The largest absolute Gasteiger partial charge is 0.497 e. The van der Waals surface area contributed by atoms with Gasteiger partial charge in [0.25, 0.3) is 0 Å². The number of rotatable bonds is 6. The lowest BCUT2D eigenvalue weighted by atomic mass is 10.1. The van der Waals surface area contributed by atoms with Crippen molar-refractivity contribution in [3.8, 4) is 5.75 Å². The first-order chi connectivity index (χ1) is 16.5. The first-order valence-electron chi connectivity index (χ1n) is 10.8. The van der Waals surface area contributed by atoms with Crippen LogP contribution in [0.1, 0.15) is 116 Å². The fraction of sp³-hybridized carbons (Fsp3) is 0.303. The van der Waals surface area contributed by atoms with Crippen molar-refractivity contribution < 1.29 is 28.7 Å². The first kappa shape index (κ1) is 41.9. The number of ketones is 5. The van der Waals surface area contributed by atoms with E-state index in [4.69, 9.17) is 4.74 Å². The van der Waals surface area contributed by atoms with Gasteiger partial charge in [-0.3, -0.25) is 24.0 Å². The monoisotopic (exact) mass is 538 g/mol. The predicted molar refractivity (Wildman–Crippen MR) is 163 cm³/mol. The summed E-state index contributed by atoms with van der Waals surface area (Å²) in [7, 11) is 1.60. The second-order valence-electron chi connectivity index (χ2n) is 7.67. The first-order valence-corrected chi connectivity index (χ1v) is 10.8. The Balaban J connectivity index is -0.000000224. The molecule has 0 radical (unpaired) electrons. The molecule has 0 saturated heterocycles. The third-order valence-corrected chi connectivity index (χ3v) is 4.87. The number of carbonyl (C=O) groups is 5. The molecule has 6 heteroatoms. The van der Waals surface area contributed by atoms with Gasteiger partial charge >= 0.3 is 0 Å². The van der Waals surface area contributed by atoms with Crippen LogP contribution in [0.4, 0.5) is 0 Å². The third kappa shape index (κ3) is 15.0. The molecule has 3 aromatic rings. The smallest absolute Gasteiger partial charge is 0.159 e. The molecule has 0 aliphatic carbocycles. The second-order valence-corrected chi connectivity index (χ2v) is 7.67. The molecule has 0 bridgehead atoms. The van der Waals surface area contributed by atoms with Gasteiger partial charge in [0.2, 0.25) is 0 Å². The summed E-state index contributed by atoms with van der Waals surface area (Å²) in [5.41, 5.74) is 3.16. The lowest BCUT2D eigenvalue weighted by molar-refractivity contribution is 0.100. The molecule has 214 valence electrons. The van der Waals surface area contributed by atoms with Crippen LogP contribution in [0.25, 0.3) is 0 Å². The Kier molecular flexibility index (Phi) is 22.4. The van der Waals surface area contributed by atoms with Gasteiger partial charge in [-0.15, -0.1) is 0 Å². The van der Waals surface area contributed by atoms with Crippen molar-refractivity contribution in [2.24, 2.45) is 0 Å². The number of hydrogen-bond acceptors (Lipinski definition) is 6. The summed E-state index contributed by atoms with van der Waals surface area (Å²) in [5, 5.41) is 0. The van der Waals surface area contributed by atoms with Gasteiger partial charge in [0, 0.05) is 27.8 Å². The summed E-state index contributed by atoms with van der Waals surface area (Å²) in [6.45, 7) is 7.52. The minimum absolute atomic E-state index is 0. The molecule has 0 fully saturated rings. The van der Waals surface area contributed by atoms with Crippen molar-refractivity contribution >= 4 is 28.9 Å². The zero-order chi connectivity index (χ0) is 26.5. The van der Waals surface area contributed by atoms with Crippen LogP contribution in [0, 0.1) is 0 Å². The molecule has 0 aliphatic rings. The molecule has 0 N–H and O–H groups in total. The Labute approximate surface area is 235 Å². The Morgan fingerprint density at radius 2 is 0.692 bits per heavy atom. The number of Topliss-reactive ketones (excluding diaryl/α,β-unsaturated/α-hetero) is 5. The summed E-state index contributed by atoms with van der Waals surface area (Å²) in [4.78, 5) is 54.3. The van der Waals surface area contributed by atoms with E-state index in [0.29, 0.717) is 27.8 Å². The van der Waals surface area contributed by atoms with Gasteiger partial charge in [-0.2, -0.15) is 0 Å². The van der Waals surface area contributed by atoms with Crippen LogP contribution in [0.3, 0.4) is 0 Å². The molecule has 0 heterocycles. The normalized spacial score (nSPS) is 8.46. The fourth-order valence-corrected chi connectivity index (χ4v) is 2.72. The number of benzene rings is 3. The molecule has 0 aromatic heterocycles. The van der Waals surface area contributed by atoms with Crippen LogP contribution >= 0.6 is 0 Å². The van der Waals surface area contributed by atoms with Gasteiger partial charge in [0.05, 0.1) is 7.11 Å². The number of carbonyl (C=O) groups excluding carboxylic acids is 5. The maximum atomic E-state index is 10.9.